The number of nitrogens with zero attached hydrogens (tertiary/aromatic N) is 3. The van der Waals surface area contributed by atoms with E-state index in [1.807, 2.05) is 0 Å². The van der Waals surface area contributed by atoms with Gasteiger partial charge in [0.25, 0.3) is 5.91 Å². The summed E-state index contributed by atoms with van der Waals surface area (Å²) in [6, 6.07) is 5.74. The maximum atomic E-state index is 11.9. The van der Waals surface area contributed by atoms with Gasteiger partial charge in [-0.3, -0.25) is 9.59 Å². The Kier molecular flexibility index (Phi) is 3.80. The molecule has 0 unspecified atom stereocenters. The molecule has 8 heteroatoms. The van der Waals surface area contributed by atoms with Crippen LogP contribution in [0, 0.1) is 0 Å². The smallest absolute Gasteiger partial charge is 0.287 e. The molecule has 3 aromatic heterocycles. The molecule has 3 heterocycles. The average molecular weight is 314 g/mol. The molecule has 0 aliphatic rings. The highest BCUT2D eigenvalue weighted by atomic mass is 16.5. The zero-order chi connectivity index (χ0) is 16.4. The van der Waals surface area contributed by atoms with Crippen molar-refractivity contribution >= 4 is 5.91 Å². The van der Waals surface area contributed by atoms with Crippen LogP contribution in [0.4, 0.5) is 0 Å². The number of pyridine rings is 1. The second-order valence-corrected chi connectivity index (χ2v) is 5.00. The molecule has 0 aromatic carbocycles. The Bertz CT molecular complexity index is 879. The Balaban J connectivity index is 1.77. The van der Waals surface area contributed by atoms with E-state index >= 15 is 0 Å². The Labute approximate surface area is 130 Å². The molecule has 0 saturated carbocycles. The largest absolute Gasteiger partial charge is 0.459 e. The van der Waals surface area contributed by atoms with Crippen molar-refractivity contribution in [2.75, 3.05) is 0 Å². The first kappa shape index (κ1) is 14.8. The first-order chi connectivity index (χ1) is 11.0. The van der Waals surface area contributed by atoms with Gasteiger partial charge in [0.2, 0.25) is 17.3 Å². The molecule has 0 bridgehead atoms. The normalized spacial score (nSPS) is 12.1. The maximum Gasteiger partial charge on any atom is 0.287 e. The molecule has 3 rings (SSSR count). The van der Waals surface area contributed by atoms with Gasteiger partial charge in [0.15, 0.2) is 5.76 Å². The van der Waals surface area contributed by atoms with E-state index in [0.717, 1.165) is 0 Å². The minimum Gasteiger partial charge on any atom is -0.459 e. The molecule has 0 fully saturated rings. The lowest BCUT2D eigenvalue weighted by molar-refractivity contribution is 0.0904. The maximum absolute atomic E-state index is 11.9. The summed E-state index contributed by atoms with van der Waals surface area (Å²) >= 11 is 0. The van der Waals surface area contributed by atoms with E-state index in [1.165, 1.54) is 16.9 Å². The van der Waals surface area contributed by atoms with E-state index in [2.05, 4.69) is 15.5 Å². The number of amides is 1. The molecule has 23 heavy (non-hydrogen) atoms. The monoisotopic (exact) mass is 314 g/mol. The van der Waals surface area contributed by atoms with Crippen molar-refractivity contribution in [3.63, 3.8) is 0 Å². The highest BCUT2D eigenvalue weighted by Crippen LogP contribution is 2.17. The lowest BCUT2D eigenvalue weighted by Crippen LogP contribution is -2.26. The number of aryl methyl sites for hydroxylation is 1. The zero-order valence-electron chi connectivity index (χ0n) is 12.5. The second-order valence-electron chi connectivity index (χ2n) is 5.00. The highest BCUT2D eigenvalue weighted by molar-refractivity contribution is 5.91. The predicted octanol–water partition coefficient (Wildman–Crippen LogP) is 1.52. The molecule has 1 N–H and O–H groups in total. The standard InChI is InChI=1S/C15H14N4O4/c1-9(16-14(21)11-4-3-7-22-11)15-17-13(18-23-15)10-5-6-12(20)19(2)8-10/h3-9H,1-2H3,(H,16,21)/t9-/m1/s1. The van der Waals surface area contributed by atoms with Crippen LogP contribution in [0.2, 0.25) is 0 Å². The van der Waals surface area contributed by atoms with Crippen molar-refractivity contribution in [2.45, 2.75) is 13.0 Å². The Hall–Kier alpha value is -3.16. The molecule has 3 aromatic rings. The number of carbonyl (C=O) groups is 1. The van der Waals surface area contributed by atoms with Crippen LogP contribution in [0.1, 0.15) is 29.4 Å². The average Bonchev–Trinajstić information content (AvgIpc) is 3.21. The number of hydrogen-bond donors (Lipinski definition) is 1. The van der Waals surface area contributed by atoms with Gasteiger partial charge < -0.3 is 18.8 Å². The molecule has 118 valence electrons. The third-order valence-corrected chi connectivity index (χ3v) is 3.25. The van der Waals surface area contributed by atoms with Crippen LogP contribution < -0.4 is 10.9 Å². The van der Waals surface area contributed by atoms with Crippen molar-refractivity contribution in [2.24, 2.45) is 7.05 Å². The molecule has 1 atom stereocenters. The predicted molar refractivity (Wildman–Crippen MR) is 79.6 cm³/mol. The topological polar surface area (TPSA) is 103 Å². The molecule has 0 aliphatic heterocycles. The molecule has 0 aliphatic carbocycles. The quantitative estimate of drug-likeness (QED) is 0.783. The summed E-state index contributed by atoms with van der Waals surface area (Å²) < 4.78 is 11.6. The Morgan fingerprint density at radius 1 is 1.35 bits per heavy atom. The van der Waals surface area contributed by atoms with Crippen LogP contribution in [0.15, 0.2) is 50.5 Å². The van der Waals surface area contributed by atoms with Gasteiger partial charge >= 0.3 is 0 Å². The van der Waals surface area contributed by atoms with E-state index in [0.29, 0.717) is 11.4 Å². The van der Waals surface area contributed by atoms with Gasteiger partial charge in [0.05, 0.1) is 6.26 Å². The lowest BCUT2D eigenvalue weighted by Gasteiger charge is -2.07. The third kappa shape index (κ3) is 3.05. The van der Waals surface area contributed by atoms with E-state index in [4.69, 9.17) is 8.94 Å². The summed E-state index contributed by atoms with van der Waals surface area (Å²) in [6.45, 7) is 1.72. The minimum absolute atomic E-state index is 0.128. The fraction of sp³-hybridized carbons (Fsp3) is 0.200. The van der Waals surface area contributed by atoms with Crippen LogP contribution >= 0.6 is 0 Å². The fourth-order valence-corrected chi connectivity index (χ4v) is 1.99. The summed E-state index contributed by atoms with van der Waals surface area (Å²) in [5.41, 5.74) is 0.517. The van der Waals surface area contributed by atoms with E-state index in [-0.39, 0.29) is 23.1 Å². The van der Waals surface area contributed by atoms with E-state index < -0.39 is 6.04 Å². The minimum atomic E-state index is -0.485. The number of nitrogens with one attached hydrogen (secondary N) is 1. The van der Waals surface area contributed by atoms with Gasteiger partial charge in [-0.2, -0.15) is 4.98 Å². The molecular weight excluding hydrogens is 300 g/mol. The van der Waals surface area contributed by atoms with E-state index in [1.54, 1.807) is 38.4 Å². The molecule has 0 spiro atoms. The zero-order valence-corrected chi connectivity index (χ0v) is 12.5. The summed E-state index contributed by atoms with van der Waals surface area (Å²) in [4.78, 5) is 27.6. The summed E-state index contributed by atoms with van der Waals surface area (Å²) in [6.07, 6.45) is 3.03. The lowest BCUT2D eigenvalue weighted by atomic mass is 10.2. The van der Waals surface area contributed by atoms with Crippen LogP contribution in [0.25, 0.3) is 11.4 Å². The van der Waals surface area contributed by atoms with Crippen molar-refractivity contribution in [1.29, 1.82) is 0 Å². The highest BCUT2D eigenvalue weighted by Gasteiger charge is 2.19. The number of rotatable bonds is 4. The SMILES string of the molecule is C[C@@H](NC(=O)c1ccco1)c1nc(-c2ccc(=O)n(C)c2)no1. The van der Waals surface area contributed by atoms with Crippen molar-refractivity contribution in [3.8, 4) is 11.4 Å². The van der Waals surface area contributed by atoms with Crippen LogP contribution in [-0.2, 0) is 7.05 Å². The first-order valence-electron chi connectivity index (χ1n) is 6.89. The summed E-state index contributed by atoms with van der Waals surface area (Å²) in [5, 5.41) is 6.57. The molecule has 0 saturated heterocycles. The van der Waals surface area contributed by atoms with Crippen molar-refractivity contribution < 1.29 is 13.7 Å². The Morgan fingerprint density at radius 3 is 2.87 bits per heavy atom. The second kappa shape index (κ2) is 5.91. The Morgan fingerprint density at radius 2 is 2.17 bits per heavy atom. The van der Waals surface area contributed by atoms with Crippen LogP contribution in [0.5, 0.6) is 0 Å². The van der Waals surface area contributed by atoms with Gasteiger partial charge in [0, 0.05) is 24.9 Å². The van der Waals surface area contributed by atoms with Crippen LogP contribution in [0.3, 0.4) is 0 Å². The number of carbonyl (C=O) groups excluding carboxylic acids is 1. The number of furan rings is 1. The van der Waals surface area contributed by atoms with Gasteiger partial charge in [-0.1, -0.05) is 5.16 Å². The molecule has 1 amide bonds. The van der Waals surface area contributed by atoms with Crippen molar-refractivity contribution in [3.05, 3.63) is 58.7 Å². The number of aromatic nitrogens is 3. The molecule has 8 nitrogen and oxygen atoms in total. The van der Waals surface area contributed by atoms with Gasteiger partial charge in [0.1, 0.15) is 6.04 Å². The van der Waals surface area contributed by atoms with Crippen LogP contribution in [-0.4, -0.2) is 20.6 Å². The summed E-state index contributed by atoms with van der Waals surface area (Å²) in [5.74, 6) is 0.433. The third-order valence-electron chi connectivity index (χ3n) is 3.25. The van der Waals surface area contributed by atoms with E-state index in [9.17, 15) is 9.59 Å². The van der Waals surface area contributed by atoms with Crippen molar-refractivity contribution in [1.82, 2.24) is 20.0 Å². The molecule has 0 radical (unpaired) electrons. The van der Waals surface area contributed by atoms with Gasteiger partial charge in [-0.05, 0) is 25.1 Å². The first-order valence-corrected chi connectivity index (χ1v) is 6.89. The number of hydrogen-bond acceptors (Lipinski definition) is 6. The van der Waals surface area contributed by atoms with Gasteiger partial charge in [-0.15, -0.1) is 0 Å². The fourth-order valence-electron chi connectivity index (χ4n) is 1.99. The summed E-state index contributed by atoms with van der Waals surface area (Å²) in [7, 11) is 1.64. The van der Waals surface area contributed by atoms with Gasteiger partial charge in [-0.25, -0.2) is 0 Å². The molecular formula is C15H14N4O4.